The highest BCUT2D eigenvalue weighted by molar-refractivity contribution is 6.32. The van der Waals surface area contributed by atoms with Crippen LogP contribution in [0.2, 0.25) is 0 Å². The third-order valence-electron chi connectivity index (χ3n) is 3.63. The second kappa shape index (κ2) is 5.44. The SMILES string of the molecule is Cc1ccc2c(c1)C(=C[N+](=O)[O-])C(=O)N2Cc1ccccc1. The zero-order chi connectivity index (χ0) is 15.7. The van der Waals surface area contributed by atoms with Gasteiger partial charge in [0.25, 0.3) is 5.91 Å². The molecule has 0 N–H and O–H groups in total. The quantitative estimate of drug-likeness (QED) is 0.496. The van der Waals surface area contributed by atoms with E-state index < -0.39 is 4.92 Å². The molecule has 0 fully saturated rings. The van der Waals surface area contributed by atoms with Gasteiger partial charge in [-0.15, -0.1) is 0 Å². The van der Waals surface area contributed by atoms with Crippen molar-refractivity contribution in [2.45, 2.75) is 13.5 Å². The summed E-state index contributed by atoms with van der Waals surface area (Å²) in [6, 6.07) is 15.1. The molecular weight excluding hydrogens is 280 g/mol. The normalized spacial score (nSPS) is 15.2. The zero-order valence-electron chi connectivity index (χ0n) is 12.0. The van der Waals surface area contributed by atoms with Crippen LogP contribution in [0.5, 0.6) is 0 Å². The van der Waals surface area contributed by atoms with Crippen LogP contribution in [-0.4, -0.2) is 10.8 Å². The summed E-state index contributed by atoms with van der Waals surface area (Å²) in [5, 5.41) is 10.8. The maximum absolute atomic E-state index is 12.6. The molecule has 2 aromatic rings. The molecule has 0 spiro atoms. The van der Waals surface area contributed by atoms with Crippen molar-refractivity contribution < 1.29 is 9.72 Å². The number of fused-ring (bicyclic) bond motifs is 1. The maximum atomic E-state index is 12.6. The van der Waals surface area contributed by atoms with E-state index in [0.717, 1.165) is 17.3 Å². The number of amides is 1. The van der Waals surface area contributed by atoms with Gasteiger partial charge < -0.3 is 4.90 Å². The minimum atomic E-state index is -0.578. The van der Waals surface area contributed by atoms with E-state index in [1.54, 1.807) is 4.90 Å². The molecule has 0 saturated heterocycles. The van der Waals surface area contributed by atoms with Gasteiger partial charge in [-0.05, 0) is 24.6 Å². The summed E-state index contributed by atoms with van der Waals surface area (Å²) in [7, 11) is 0. The number of nitro groups is 1. The molecule has 0 atom stereocenters. The number of carbonyl (C=O) groups excluding carboxylic acids is 1. The van der Waals surface area contributed by atoms with Crippen LogP contribution in [-0.2, 0) is 11.3 Å². The van der Waals surface area contributed by atoms with Crippen LogP contribution in [0.3, 0.4) is 0 Å². The first-order valence-corrected chi connectivity index (χ1v) is 6.88. The van der Waals surface area contributed by atoms with Crippen LogP contribution in [0.1, 0.15) is 16.7 Å². The Morgan fingerprint density at radius 2 is 1.91 bits per heavy atom. The molecular formula is C17H14N2O3. The molecule has 1 heterocycles. The number of rotatable bonds is 3. The number of anilines is 1. The summed E-state index contributed by atoms with van der Waals surface area (Å²) in [5.74, 6) is -0.332. The molecule has 0 radical (unpaired) electrons. The molecule has 0 aromatic heterocycles. The van der Waals surface area contributed by atoms with Crippen molar-refractivity contribution in [3.05, 3.63) is 81.5 Å². The first-order valence-electron chi connectivity index (χ1n) is 6.88. The second-order valence-electron chi connectivity index (χ2n) is 5.23. The number of benzene rings is 2. The first kappa shape index (κ1) is 14.0. The average molecular weight is 294 g/mol. The van der Waals surface area contributed by atoms with Crippen molar-refractivity contribution >= 4 is 17.2 Å². The molecule has 0 aliphatic carbocycles. The van der Waals surface area contributed by atoms with E-state index in [-0.39, 0.29) is 11.5 Å². The summed E-state index contributed by atoms with van der Waals surface area (Å²) in [5.41, 5.74) is 3.41. The molecule has 5 nitrogen and oxygen atoms in total. The minimum Gasteiger partial charge on any atom is -0.303 e. The Hall–Kier alpha value is -2.95. The Labute approximate surface area is 127 Å². The zero-order valence-corrected chi connectivity index (χ0v) is 12.0. The van der Waals surface area contributed by atoms with Gasteiger partial charge in [0.15, 0.2) is 0 Å². The third-order valence-corrected chi connectivity index (χ3v) is 3.63. The van der Waals surface area contributed by atoms with E-state index in [2.05, 4.69) is 0 Å². The molecule has 1 amide bonds. The van der Waals surface area contributed by atoms with Crippen molar-refractivity contribution in [3.8, 4) is 0 Å². The van der Waals surface area contributed by atoms with Crippen LogP contribution in [0.4, 0.5) is 5.69 Å². The summed E-state index contributed by atoms with van der Waals surface area (Å²) in [4.78, 5) is 24.4. The molecule has 5 heteroatoms. The molecule has 1 aliphatic rings. The molecule has 110 valence electrons. The molecule has 3 rings (SSSR count). The fourth-order valence-electron chi connectivity index (χ4n) is 2.62. The lowest BCUT2D eigenvalue weighted by Gasteiger charge is -2.17. The van der Waals surface area contributed by atoms with Crippen molar-refractivity contribution in [2.24, 2.45) is 0 Å². The maximum Gasteiger partial charge on any atom is 0.265 e. The van der Waals surface area contributed by atoms with E-state index in [0.29, 0.717) is 17.8 Å². The molecule has 0 unspecified atom stereocenters. The lowest BCUT2D eigenvalue weighted by atomic mass is 10.1. The summed E-state index contributed by atoms with van der Waals surface area (Å²) in [6.07, 6.45) is 0.797. The van der Waals surface area contributed by atoms with Crippen molar-refractivity contribution in [2.75, 3.05) is 4.90 Å². The number of nitrogens with zero attached hydrogens (tertiary/aromatic N) is 2. The smallest absolute Gasteiger partial charge is 0.265 e. The molecule has 1 aliphatic heterocycles. The topological polar surface area (TPSA) is 63.5 Å². The van der Waals surface area contributed by atoms with Crippen LogP contribution >= 0.6 is 0 Å². The van der Waals surface area contributed by atoms with Crippen molar-refractivity contribution in [1.82, 2.24) is 0 Å². The number of carbonyl (C=O) groups is 1. The fraction of sp³-hybridized carbons (Fsp3) is 0.118. The Balaban J connectivity index is 2.06. The number of hydrogen-bond acceptors (Lipinski definition) is 3. The van der Waals surface area contributed by atoms with Gasteiger partial charge in [0.05, 0.1) is 17.2 Å². The minimum absolute atomic E-state index is 0.139. The fourth-order valence-corrected chi connectivity index (χ4v) is 2.62. The van der Waals surface area contributed by atoms with Gasteiger partial charge in [-0.1, -0.05) is 42.0 Å². The lowest BCUT2D eigenvalue weighted by Crippen LogP contribution is -2.25. The van der Waals surface area contributed by atoms with E-state index in [1.165, 1.54) is 0 Å². The van der Waals surface area contributed by atoms with E-state index in [4.69, 9.17) is 0 Å². The highest BCUT2D eigenvalue weighted by Crippen LogP contribution is 2.38. The van der Waals surface area contributed by atoms with E-state index in [1.807, 2.05) is 55.5 Å². The van der Waals surface area contributed by atoms with Gasteiger partial charge in [0.1, 0.15) is 5.57 Å². The monoisotopic (exact) mass is 294 g/mol. The highest BCUT2D eigenvalue weighted by Gasteiger charge is 2.34. The van der Waals surface area contributed by atoms with Crippen LogP contribution < -0.4 is 4.90 Å². The van der Waals surface area contributed by atoms with Gasteiger partial charge in [0, 0.05) is 5.56 Å². The van der Waals surface area contributed by atoms with Gasteiger partial charge >= 0.3 is 0 Å². The van der Waals surface area contributed by atoms with Crippen molar-refractivity contribution in [3.63, 3.8) is 0 Å². The number of aryl methyl sites for hydroxylation is 1. The average Bonchev–Trinajstić information content (AvgIpc) is 2.73. The third kappa shape index (κ3) is 2.48. The van der Waals surface area contributed by atoms with Crippen LogP contribution in [0.25, 0.3) is 5.57 Å². The van der Waals surface area contributed by atoms with Gasteiger partial charge in [-0.25, -0.2) is 0 Å². The van der Waals surface area contributed by atoms with Gasteiger partial charge in [0.2, 0.25) is 6.20 Å². The van der Waals surface area contributed by atoms with Crippen LogP contribution in [0, 0.1) is 17.0 Å². The summed E-state index contributed by atoms with van der Waals surface area (Å²) >= 11 is 0. The van der Waals surface area contributed by atoms with Crippen molar-refractivity contribution in [1.29, 1.82) is 0 Å². The molecule has 22 heavy (non-hydrogen) atoms. The summed E-state index contributed by atoms with van der Waals surface area (Å²) < 4.78 is 0. The Kier molecular flexibility index (Phi) is 3.47. The van der Waals surface area contributed by atoms with E-state index in [9.17, 15) is 14.9 Å². The number of hydrogen-bond donors (Lipinski definition) is 0. The van der Waals surface area contributed by atoms with Gasteiger partial charge in [-0.2, -0.15) is 0 Å². The largest absolute Gasteiger partial charge is 0.303 e. The van der Waals surface area contributed by atoms with Crippen LogP contribution in [0.15, 0.2) is 54.7 Å². The van der Waals surface area contributed by atoms with E-state index >= 15 is 0 Å². The van der Waals surface area contributed by atoms with Gasteiger partial charge in [-0.3, -0.25) is 14.9 Å². The predicted octanol–water partition coefficient (Wildman–Crippen LogP) is 3.16. The molecule has 2 aromatic carbocycles. The lowest BCUT2D eigenvalue weighted by molar-refractivity contribution is -0.401. The predicted molar refractivity (Wildman–Crippen MR) is 83.8 cm³/mol. The standard InChI is InChI=1S/C17H14N2O3/c1-12-7-8-16-14(9-12)15(11-19(21)22)17(20)18(16)10-13-5-3-2-4-6-13/h2-9,11H,10H2,1H3. The second-order valence-corrected chi connectivity index (χ2v) is 5.23. The molecule has 0 saturated carbocycles. The Bertz CT molecular complexity index is 782. The Morgan fingerprint density at radius 3 is 2.59 bits per heavy atom. The summed E-state index contributed by atoms with van der Waals surface area (Å²) in [6.45, 7) is 2.29. The first-order chi connectivity index (χ1) is 10.6. The molecule has 0 bridgehead atoms. The Morgan fingerprint density at radius 1 is 1.18 bits per heavy atom. The highest BCUT2D eigenvalue weighted by atomic mass is 16.6.